The molecule has 0 bridgehead atoms. The number of phenols is 1. The summed E-state index contributed by atoms with van der Waals surface area (Å²) in [6, 6.07) is 23.5. The number of thioether (sulfide) groups is 1. The van der Waals surface area contributed by atoms with Crippen LogP contribution in [0.15, 0.2) is 100 Å². The molecule has 1 aromatic heterocycles. The quantitative estimate of drug-likeness (QED) is 0.0854. The van der Waals surface area contributed by atoms with Gasteiger partial charge in [-0.25, -0.2) is 4.79 Å². The van der Waals surface area contributed by atoms with E-state index in [0.29, 0.717) is 29.4 Å². The van der Waals surface area contributed by atoms with Crippen LogP contribution in [0, 0.1) is 19.3 Å². The van der Waals surface area contributed by atoms with Crippen molar-refractivity contribution in [1.82, 2.24) is 15.2 Å². The normalized spacial score (nSPS) is 12.4. The molecule has 0 aliphatic heterocycles. The van der Waals surface area contributed by atoms with E-state index in [0.717, 1.165) is 27.3 Å². The number of benzene rings is 3. The van der Waals surface area contributed by atoms with Crippen molar-refractivity contribution in [1.29, 1.82) is 0 Å². The van der Waals surface area contributed by atoms with Crippen LogP contribution in [0.2, 0.25) is 0 Å². The second kappa shape index (κ2) is 15.8. The molecule has 1 unspecified atom stereocenters. The van der Waals surface area contributed by atoms with Crippen molar-refractivity contribution < 1.29 is 14.6 Å². The van der Waals surface area contributed by atoms with Gasteiger partial charge in [0.25, 0.3) is 5.56 Å². The number of urea groups is 1. The van der Waals surface area contributed by atoms with Crippen LogP contribution in [0.5, 0.6) is 11.5 Å². The molecule has 10 heteroatoms. The van der Waals surface area contributed by atoms with Crippen LogP contribution in [0.3, 0.4) is 0 Å². The largest absolute Gasteiger partial charge is 0.508 e. The van der Waals surface area contributed by atoms with Gasteiger partial charge in [-0.1, -0.05) is 63.2 Å². The summed E-state index contributed by atoms with van der Waals surface area (Å²) in [5, 5.41) is 18.6. The first kappa shape index (κ1) is 35.2. The van der Waals surface area contributed by atoms with Gasteiger partial charge in [0.15, 0.2) is 0 Å². The highest BCUT2D eigenvalue weighted by Crippen LogP contribution is 2.24. The maximum atomic E-state index is 13.4. The van der Waals surface area contributed by atoms with Crippen LogP contribution in [-0.2, 0) is 19.7 Å². The number of hydrogen-bond donors (Lipinski definition) is 5. The molecule has 0 saturated carbocycles. The number of amides is 2. The van der Waals surface area contributed by atoms with Gasteiger partial charge in [-0.3, -0.25) is 10.1 Å². The van der Waals surface area contributed by atoms with E-state index in [2.05, 4.69) is 22.0 Å². The molecule has 9 nitrogen and oxygen atoms in total. The molecule has 4 rings (SSSR count). The average molecular weight is 656 g/mol. The minimum atomic E-state index is -0.419. The molecule has 47 heavy (non-hydrogen) atoms. The average Bonchev–Trinajstić information content (AvgIpc) is 3.04. The number of rotatable bonds is 12. The van der Waals surface area contributed by atoms with Crippen molar-refractivity contribution in [2.75, 3.05) is 11.6 Å². The van der Waals surface area contributed by atoms with E-state index in [9.17, 15) is 14.7 Å². The summed E-state index contributed by atoms with van der Waals surface area (Å²) in [6.45, 7) is 10.7. The van der Waals surface area contributed by atoms with Crippen LogP contribution >= 0.6 is 11.8 Å². The topological polar surface area (TPSA) is 131 Å². The Morgan fingerprint density at radius 2 is 1.64 bits per heavy atom. The Kier molecular flexibility index (Phi) is 11.8. The second-order valence-electron chi connectivity index (χ2n) is 12.5. The fraction of sp³-hybridized carbons (Fsp3) is 0.297. The van der Waals surface area contributed by atoms with E-state index in [1.165, 1.54) is 0 Å². The zero-order chi connectivity index (χ0) is 34.1. The zero-order valence-electron chi connectivity index (χ0n) is 27.9. The monoisotopic (exact) mass is 655 g/mol. The number of anilines is 1. The summed E-state index contributed by atoms with van der Waals surface area (Å²) in [6.07, 6.45) is 3.81. The van der Waals surface area contributed by atoms with E-state index in [1.54, 1.807) is 53.6 Å². The van der Waals surface area contributed by atoms with Gasteiger partial charge < -0.3 is 30.8 Å². The molecule has 0 aliphatic rings. The number of hydrogen-bond acceptors (Lipinski definition) is 7. The van der Waals surface area contributed by atoms with Crippen LogP contribution in [0.1, 0.15) is 48.7 Å². The molecule has 4 aromatic rings. The molecular weight excluding hydrogens is 611 g/mol. The summed E-state index contributed by atoms with van der Waals surface area (Å²) >= 11 is 1.66. The Morgan fingerprint density at radius 1 is 1.00 bits per heavy atom. The third-order valence-electron chi connectivity index (χ3n) is 7.90. The van der Waals surface area contributed by atoms with Gasteiger partial charge in [0.1, 0.15) is 23.9 Å². The number of carbonyl (C=O) groups excluding carboxylic acids is 1. The molecule has 0 radical (unpaired) electrons. The molecule has 2 amide bonds. The number of pyridine rings is 1. The smallest absolute Gasteiger partial charge is 0.320 e. The second-order valence-corrected chi connectivity index (χ2v) is 13.3. The van der Waals surface area contributed by atoms with Gasteiger partial charge in [-0.2, -0.15) is 0 Å². The Balaban J connectivity index is 1.44. The number of nitrogens with two attached hydrogens (primary N) is 1. The summed E-state index contributed by atoms with van der Waals surface area (Å²) in [7, 11) is 0. The molecule has 1 heterocycles. The highest BCUT2D eigenvalue weighted by Gasteiger charge is 2.20. The number of nitrogens with zero attached hydrogens (tertiary/aromatic N) is 1. The van der Waals surface area contributed by atoms with Gasteiger partial charge in [0.2, 0.25) is 0 Å². The first-order chi connectivity index (χ1) is 22.3. The number of aromatic hydroxyl groups is 1. The Bertz CT molecular complexity index is 1780. The Hall–Kier alpha value is -4.67. The van der Waals surface area contributed by atoms with Crippen molar-refractivity contribution in [2.45, 2.75) is 65.3 Å². The molecule has 0 fully saturated rings. The van der Waals surface area contributed by atoms with Crippen molar-refractivity contribution in [3.63, 3.8) is 0 Å². The van der Waals surface area contributed by atoms with E-state index < -0.39 is 6.03 Å². The standard InChI is InChI=1S/C37H45N5O4S/c1-24-19-31(25(2)35(44)42(24)22-27-12-9-10-14-32(27)47-6)46-23-28-13-8-7-11-26(28)21-39-36(45)41-34(20-33(38)37(3,4)5)40-29-15-17-30(43)18-16-29/h7-20,33,40,43H,21-23,38H2,1-6H3,(H2,39,41,45)/b34-20+. The van der Waals surface area contributed by atoms with Crippen molar-refractivity contribution in [3.05, 3.63) is 129 Å². The maximum absolute atomic E-state index is 13.4. The Labute approximate surface area is 281 Å². The molecule has 1 atom stereocenters. The van der Waals surface area contributed by atoms with Gasteiger partial charge in [0, 0.05) is 28.9 Å². The van der Waals surface area contributed by atoms with E-state index in [4.69, 9.17) is 10.5 Å². The molecule has 3 aromatic carbocycles. The van der Waals surface area contributed by atoms with Crippen LogP contribution in [-0.4, -0.2) is 28.0 Å². The fourth-order valence-electron chi connectivity index (χ4n) is 4.81. The number of nitrogens with one attached hydrogen (secondary N) is 3. The van der Waals surface area contributed by atoms with Gasteiger partial charge >= 0.3 is 6.03 Å². The van der Waals surface area contributed by atoms with Crippen molar-refractivity contribution >= 4 is 23.5 Å². The van der Waals surface area contributed by atoms with Crippen molar-refractivity contribution in [3.8, 4) is 11.5 Å². The summed E-state index contributed by atoms with van der Waals surface area (Å²) < 4.78 is 7.98. The van der Waals surface area contributed by atoms with Gasteiger partial charge in [-0.05, 0) is 84.7 Å². The minimum Gasteiger partial charge on any atom is -0.508 e. The summed E-state index contributed by atoms with van der Waals surface area (Å²) in [5.74, 6) is 1.10. The lowest BCUT2D eigenvalue weighted by Crippen LogP contribution is -2.39. The number of aromatic nitrogens is 1. The maximum Gasteiger partial charge on any atom is 0.320 e. The van der Waals surface area contributed by atoms with E-state index in [-0.39, 0.29) is 35.9 Å². The van der Waals surface area contributed by atoms with Crippen LogP contribution in [0.25, 0.3) is 0 Å². The predicted octanol–water partition coefficient (Wildman–Crippen LogP) is 6.65. The van der Waals surface area contributed by atoms with Gasteiger partial charge in [-0.15, -0.1) is 11.8 Å². The van der Waals surface area contributed by atoms with Crippen LogP contribution in [0.4, 0.5) is 10.5 Å². The highest BCUT2D eigenvalue weighted by molar-refractivity contribution is 7.98. The summed E-state index contributed by atoms with van der Waals surface area (Å²) in [5.41, 5.74) is 11.0. The van der Waals surface area contributed by atoms with E-state index >= 15 is 0 Å². The lowest BCUT2D eigenvalue weighted by Gasteiger charge is -2.25. The lowest BCUT2D eigenvalue weighted by atomic mass is 9.87. The minimum absolute atomic E-state index is 0.0847. The number of ether oxygens (including phenoxy) is 1. The Morgan fingerprint density at radius 3 is 2.30 bits per heavy atom. The van der Waals surface area contributed by atoms with E-state index in [1.807, 2.05) is 82.5 Å². The lowest BCUT2D eigenvalue weighted by molar-refractivity contribution is 0.242. The number of carbonyl (C=O) groups is 1. The molecule has 0 spiro atoms. The molecule has 0 aliphatic carbocycles. The van der Waals surface area contributed by atoms with Crippen LogP contribution < -0.4 is 32.0 Å². The summed E-state index contributed by atoms with van der Waals surface area (Å²) in [4.78, 5) is 27.6. The third kappa shape index (κ3) is 9.67. The fourth-order valence-corrected chi connectivity index (χ4v) is 5.42. The third-order valence-corrected chi connectivity index (χ3v) is 8.74. The first-order valence-electron chi connectivity index (χ1n) is 15.5. The molecule has 6 N–H and O–H groups in total. The SMILES string of the molecule is CSc1ccccc1Cn1c(C)cc(OCc2ccccc2CNC(=O)N/C(=C/C(N)C(C)(C)C)Nc2ccc(O)cc2)c(C)c1=O. The zero-order valence-corrected chi connectivity index (χ0v) is 28.7. The molecule has 248 valence electrons. The molecule has 0 saturated heterocycles. The first-order valence-corrected chi connectivity index (χ1v) is 16.7. The number of phenolic OH excluding ortho intramolecular Hbond substituents is 1. The number of aryl methyl sites for hydroxylation is 1. The highest BCUT2D eigenvalue weighted by atomic mass is 32.2. The van der Waals surface area contributed by atoms with Crippen molar-refractivity contribution in [2.24, 2.45) is 11.1 Å². The van der Waals surface area contributed by atoms with Gasteiger partial charge in [0.05, 0.1) is 12.1 Å². The molecular formula is C37H45N5O4S. The predicted molar refractivity (Wildman–Crippen MR) is 191 cm³/mol.